The standard InChI is InChI=1S/C21H20FN3O3/c1-27-19-10-8-16(11-20(19)28-2)25-17-7-9-18(23-13-17)21(26)24-12-14-3-5-15(22)6-4-14/h3-11,13,25H,12H2,1-2H3,(H,24,26). The second kappa shape index (κ2) is 8.85. The maximum Gasteiger partial charge on any atom is 0.270 e. The molecule has 7 heteroatoms. The van der Waals surface area contributed by atoms with Crippen LogP contribution in [0.3, 0.4) is 0 Å². The highest BCUT2D eigenvalue weighted by atomic mass is 19.1. The zero-order valence-electron chi connectivity index (χ0n) is 15.5. The molecule has 0 bridgehead atoms. The molecule has 1 heterocycles. The number of halogens is 1. The number of hydrogen-bond acceptors (Lipinski definition) is 5. The molecule has 1 amide bonds. The van der Waals surface area contributed by atoms with Gasteiger partial charge in [-0.2, -0.15) is 0 Å². The van der Waals surface area contributed by atoms with Crippen LogP contribution in [0.5, 0.6) is 11.5 Å². The molecule has 0 radical (unpaired) electrons. The van der Waals surface area contributed by atoms with E-state index in [1.165, 1.54) is 12.1 Å². The molecule has 1 aromatic heterocycles. The van der Waals surface area contributed by atoms with Gasteiger partial charge in [0.25, 0.3) is 5.91 Å². The van der Waals surface area contributed by atoms with E-state index in [2.05, 4.69) is 15.6 Å². The summed E-state index contributed by atoms with van der Waals surface area (Å²) in [5.74, 6) is 0.632. The van der Waals surface area contributed by atoms with Crippen molar-refractivity contribution in [2.75, 3.05) is 19.5 Å². The summed E-state index contributed by atoms with van der Waals surface area (Å²) in [7, 11) is 3.15. The molecule has 144 valence electrons. The van der Waals surface area contributed by atoms with Crippen molar-refractivity contribution in [1.29, 1.82) is 0 Å². The van der Waals surface area contributed by atoms with Crippen LogP contribution >= 0.6 is 0 Å². The molecule has 0 spiro atoms. The summed E-state index contributed by atoms with van der Waals surface area (Å²) in [5.41, 5.74) is 2.62. The highest BCUT2D eigenvalue weighted by Gasteiger charge is 2.08. The van der Waals surface area contributed by atoms with Crippen molar-refractivity contribution < 1.29 is 18.7 Å². The first-order valence-electron chi connectivity index (χ1n) is 8.57. The number of ether oxygens (including phenoxy) is 2. The fraction of sp³-hybridized carbons (Fsp3) is 0.143. The van der Waals surface area contributed by atoms with Gasteiger partial charge in [0.2, 0.25) is 0 Å². The van der Waals surface area contributed by atoms with Crippen LogP contribution in [0, 0.1) is 5.82 Å². The van der Waals surface area contributed by atoms with E-state index in [1.54, 1.807) is 50.7 Å². The van der Waals surface area contributed by atoms with Gasteiger partial charge < -0.3 is 20.1 Å². The molecule has 6 nitrogen and oxygen atoms in total. The molecule has 0 atom stereocenters. The van der Waals surface area contributed by atoms with Crippen LogP contribution in [0.1, 0.15) is 16.1 Å². The topological polar surface area (TPSA) is 72.5 Å². The first-order valence-corrected chi connectivity index (χ1v) is 8.57. The molecular weight excluding hydrogens is 361 g/mol. The van der Waals surface area contributed by atoms with Crippen LogP contribution in [-0.4, -0.2) is 25.1 Å². The van der Waals surface area contributed by atoms with Crippen LogP contribution in [0.4, 0.5) is 15.8 Å². The molecule has 0 aliphatic carbocycles. The largest absolute Gasteiger partial charge is 0.493 e. The summed E-state index contributed by atoms with van der Waals surface area (Å²) in [6.45, 7) is 0.298. The molecule has 0 aliphatic heterocycles. The Morgan fingerprint density at radius 3 is 2.32 bits per heavy atom. The quantitative estimate of drug-likeness (QED) is 0.649. The van der Waals surface area contributed by atoms with Crippen molar-refractivity contribution in [3.05, 3.63) is 77.9 Å². The number of nitrogens with zero attached hydrogens (tertiary/aromatic N) is 1. The van der Waals surface area contributed by atoms with Gasteiger partial charge in [-0.3, -0.25) is 4.79 Å². The lowest BCUT2D eigenvalue weighted by Crippen LogP contribution is -2.23. The Labute approximate surface area is 162 Å². The third-order valence-corrected chi connectivity index (χ3v) is 4.03. The third-order valence-electron chi connectivity index (χ3n) is 4.03. The predicted molar refractivity (Wildman–Crippen MR) is 105 cm³/mol. The summed E-state index contributed by atoms with van der Waals surface area (Å²) in [5, 5.41) is 5.95. The molecule has 2 aromatic carbocycles. The van der Waals surface area contributed by atoms with Gasteiger partial charge in [0, 0.05) is 18.3 Å². The number of carbonyl (C=O) groups excluding carboxylic acids is 1. The van der Waals surface area contributed by atoms with Gasteiger partial charge >= 0.3 is 0 Å². The van der Waals surface area contributed by atoms with Gasteiger partial charge in [-0.15, -0.1) is 0 Å². The first-order chi connectivity index (χ1) is 13.6. The summed E-state index contributed by atoms with van der Waals surface area (Å²) < 4.78 is 23.4. The Morgan fingerprint density at radius 2 is 1.68 bits per heavy atom. The van der Waals surface area contributed by atoms with Crippen molar-refractivity contribution in [1.82, 2.24) is 10.3 Å². The zero-order valence-corrected chi connectivity index (χ0v) is 15.5. The van der Waals surface area contributed by atoms with Crippen molar-refractivity contribution in [2.24, 2.45) is 0 Å². The van der Waals surface area contributed by atoms with Gasteiger partial charge in [0.15, 0.2) is 11.5 Å². The molecule has 3 rings (SSSR count). The molecular formula is C21H20FN3O3. The number of pyridine rings is 1. The highest BCUT2D eigenvalue weighted by Crippen LogP contribution is 2.30. The number of amides is 1. The second-order valence-electron chi connectivity index (χ2n) is 5.94. The van der Waals surface area contributed by atoms with Crippen molar-refractivity contribution in [2.45, 2.75) is 6.54 Å². The average molecular weight is 381 g/mol. The number of hydrogen-bond donors (Lipinski definition) is 2. The Bertz CT molecular complexity index is 944. The Morgan fingerprint density at radius 1 is 0.964 bits per heavy atom. The predicted octanol–water partition coefficient (Wildman–Crippen LogP) is 3.91. The average Bonchev–Trinajstić information content (AvgIpc) is 2.73. The van der Waals surface area contributed by atoms with E-state index in [4.69, 9.17) is 9.47 Å². The van der Waals surface area contributed by atoms with Gasteiger partial charge in [0.1, 0.15) is 11.5 Å². The fourth-order valence-electron chi connectivity index (χ4n) is 2.56. The number of carbonyl (C=O) groups is 1. The van der Waals surface area contributed by atoms with Crippen LogP contribution in [0.15, 0.2) is 60.8 Å². The number of nitrogens with one attached hydrogen (secondary N) is 2. The van der Waals surface area contributed by atoms with Gasteiger partial charge in [-0.1, -0.05) is 12.1 Å². The first kappa shape index (κ1) is 19.2. The highest BCUT2D eigenvalue weighted by molar-refractivity contribution is 5.92. The molecule has 0 fully saturated rings. The van der Waals surface area contributed by atoms with E-state index < -0.39 is 0 Å². The van der Waals surface area contributed by atoms with E-state index >= 15 is 0 Å². The number of benzene rings is 2. The summed E-state index contributed by atoms with van der Waals surface area (Å²) in [6.07, 6.45) is 1.57. The number of aromatic nitrogens is 1. The number of anilines is 2. The Hall–Kier alpha value is -3.61. The summed E-state index contributed by atoms with van der Waals surface area (Å²) in [4.78, 5) is 16.4. The minimum atomic E-state index is -0.311. The molecule has 28 heavy (non-hydrogen) atoms. The minimum Gasteiger partial charge on any atom is -0.493 e. The normalized spacial score (nSPS) is 10.2. The number of rotatable bonds is 7. The smallest absolute Gasteiger partial charge is 0.270 e. The monoisotopic (exact) mass is 381 g/mol. The minimum absolute atomic E-state index is 0.292. The lowest BCUT2D eigenvalue weighted by Gasteiger charge is -2.11. The maximum absolute atomic E-state index is 12.9. The second-order valence-corrected chi connectivity index (χ2v) is 5.94. The van der Waals surface area contributed by atoms with Gasteiger partial charge in [-0.05, 0) is 42.0 Å². The Kier molecular flexibility index (Phi) is 6.06. The molecule has 0 unspecified atom stereocenters. The molecule has 3 aromatic rings. The van der Waals surface area contributed by atoms with E-state index in [0.29, 0.717) is 23.7 Å². The number of methoxy groups -OCH3 is 2. The van der Waals surface area contributed by atoms with Crippen molar-refractivity contribution in [3.8, 4) is 11.5 Å². The van der Waals surface area contributed by atoms with Crippen LogP contribution < -0.4 is 20.1 Å². The van der Waals surface area contributed by atoms with Crippen LogP contribution in [0.2, 0.25) is 0 Å². The van der Waals surface area contributed by atoms with Crippen molar-refractivity contribution >= 4 is 17.3 Å². The van der Waals surface area contributed by atoms with Crippen LogP contribution in [-0.2, 0) is 6.54 Å². The maximum atomic E-state index is 12.9. The molecule has 2 N–H and O–H groups in total. The van der Waals surface area contributed by atoms with E-state index in [1.807, 2.05) is 12.1 Å². The summed E-state index contributed by atoms with van der Waals surface area (Å²) in [6, 6.07) is 14.8. The lowest BCUT2D eigenvalue weighted by molar-refractivity contribution is 0.0946. The fourth-order valence-corrected chi connectivity index (χ4v) is 2.56. The summed E-state index contributed by atoms with van der Waals surface area (Å²) >= 11 is 0. The molecule has 0 saturated carbocycles. The van der Waals surface area contributed by atoms with Gasteiger partial charge in [-0.25, -0.2) is 9.37 Å². The van der Waals surface area contributed by atoms with Gasteiger partial charge in [0.05, 0.1) is 26.1 Å². The SMILES string of the molecule is COc1ccc(Nc2ccc(C(=O)NCc3ccc(F)cc3)nc2)cc1OC. The zero-order chi connectivity index (χ0) is 19.9. The lowest BCUT2D eigenvalue weighted by atomic mass is 10.2. The molecule has 0 aliphatic rings. The van der Waals surface area contributed by atoms with E-state index in [0.717, 1.165) is 16.9 Å². The third kappa shape index (κ3) is 4.76. The van der Waals surface area contributed by atoms with E-state index in [9.17, 15) is 9.18 Å². The van der Waals surface area contributed by atoms with Crippen LogP contribution in [0.25, 0.3) is 0 Å². The Balaban J connectivity index is 1.61. The van der Waals surface area contributed by atoms with Crippen molar-refractivity contribution in [3.63, 3.8) is 0 Å². The van der Waals surface area contributed by atoms with E-state index in [-0.39, 0.29) is 11.7 Å². The molecule has 0 saturated heterocycles.